The number of nitrogens with one attached hydrogen (secondary N) is 1. The van der Waals surface area contributed by atoms with Gasteiger partial charge in [0, 0.05) is 18.5 Å². The highest BCUT2D eigenvalue weighted by Crippen LogP contribution is 2.21. The van der Waals surface area contributed by atoms with Crippen LogP contribution in [0, 0.1) is 5.82 Å². The fraction of sp³-hybridized carbons (Fsp3) is 0.550. The first kappa shape index (κ1) is 19.5. The van der Waals surface area contributed by atoms with Crippen LogP contribution < -0.4 is 5.32 Å². The molecule has 0 saturated carbocycles. The first-order chi connectivity index (χ1) is 13.0. The van der Waals surface area contributed by atoms with Crippen LogP contribution in [0.1, 0.15) is 62.4 Å². The van der Waals surface area contributed by atoms with Crippen LogP contribution in [0.3, 0.4) is 0 Å². The Morgan fingerprint density at radius 1 is 1.33 bits per heavy atom. The van der Waals surface area contributed by atoms with Crippen LogP contribution in [0.5, 0.6) is 0 Å². The second-order valence-corrected chi connectivity index (χ2v) is 7.29. The molecule has 0 atom stereocenters. The predicted molar refractivity (Wildman–Crippen MR) is 103 cm³/mol. The van der Waals surface area contributed by atoms with Gasteiger partial charge in [0.25, 0.3) is 5.91 Å². The van der Waals surface area contributed by atoms with Gasteiger partial charge in [0.05, 0.1) is 0 Å². The van der Waals surface area contributed by atoms with Gasteiger partial charge in [-0.15, -0.1) is 5.10 Å². The van der Waals surface area contributed by atoms with Gasteiger partial charge in [-0.05, 0) is 44.5 Å². The van der Waals surface area contributed by atoms with Crippen molar-refractivity contribution in [3.63, 3.8) is 0 Å². The van der Waals surface area contributed by atoms with E-state index in [0.717, 1.165) is 32.4 Å². The van der Waals surface area contributed by atoms with Crippen molar-refractivity contribution in [2.24, 2.45) is 0 Å². The van der Waals surface area contributed by atoms with E-state index in [-0.39, 0.29) is 29.5 Å². The molecule has 2 aromatic rings. The number of benzene rings is 1. The SMILES string of the molecule is CCCN(C(=O)c1nc(C(C)C)n(-c2ccccc2F)n1)C1CCNCC1. The second kappa shape index (κ2) is 8.61. The van der Waals surface area contributed by atoms with E-state index in [1.54, 1.807) is 18.2 Å². The molecule has 1 amide bonds. The zero-order valence-corrected chi connectivity index (χ0v) is 16.3. The molecule has 1 fully saturated rings. The van der Waals surface area contributed by atoms with Gasteiger partial charge >= 0.3 is 0 Å². The number of hydrogen-bond donors (Lipinski definition) is 1. The molecule has 1 saturated heterocycles. The lowest BCUT2D eigenvalue weighted by Crippen LogP contribution is -2.46. The number of carbonyl (C=O) groups excluding carboxylic acids is 1. The van der Waals surface area contributed by atoms with Gasteiger partial charge in [0.15, 0.2) is 0 Å². The Balaban J connectivity index is 1.96. The summed E-state index contributed by atoms with van der Waals surface area (Å²) in [6, 6.07) is 6.63. The van der Waals surface area contributed by atoms with Crippen LogP contribution in [-0.2, 0) is 0 Å². The van der Waals surface area contributed by atoms with E-state index in [4.69, 9.17) is 0 Å². The number of halogens is 1. The topological polar surface area (TPSA) is 63.1 Å². The van der Waals surface area contributed by atoms with E-state index in [0.29, 0.717) is 18.1 Å². The van der Waals surface area contributed by atoms with Crippen molar-refractivity contribution < 1.29 is 9.18 Å². The summed E-state index contributed by atoms with van der Waals surface area (Å²) in [6.07, 6.45) is 2.73. The van der Waals surface area contributed by atoms with Crippen molar-refractivity contribution in [2.75, 3.05) is 19.6 Å². The zero-order chi connectivity index (χ0) is 19.4. The fourth-order valence-electron chi connectivity index (χ4n) is 3.53. The third-order valence-corrected chi connectivity index (χ3v) is 4.90. The number of aromatic nitrogens is 3. The van der Waals surface area contributed by atoms with E-state index in [1.807, 2.05) is 18.7 Å². The van der Waals surface area contributed by atoms with Gasteiger partial charge in [-0.3, -0.25) is 4.79 Å². The summed E-state index contributed by atoms with van der Waals surface area (Å²) in [5.41, 5.74) is 0.316. The van der Waals surface area contributed by atoms with Crippen molar-refractivity contribution in [2.45, 2.75) is 52.0 Å². The molecule has 1 aliphatic heterocycles. The highest BCUT2D eigenvalue weighted by molar-refractivity contribution is 5.90. The summed E-state index contributed by atoms with van der Waals surface area (Å²) in [6.45, 7) is 8.48. The average Bonchev–Trinajstić information content (AvgIpc) is 3.12. The Morgan fingerprint density at radius 2 is 2.04 bits per heavy atom. The Kier molecular flexibility index (Phi) is 6.21. The minimum absolute atomic E-state index is 0.0113. The Morgan fingerprint density at radius 3 is 2.67 bits per heavy atom. The minimum atomic E-state index is -0.382. The molecule has 146 valence electrons. The van der Waals surface area contributed by atoms with Crippen LogP contribution >= 0.6 is 0 Å². The fourth-order valence-corrected chi connectivity index (χ4v) is 3.53. The third kappa shape index (κ3) is 4.18. The summed E-state index contributed by atoms with van der Waals surface area (Å²) in [7, 11) is 0. The van der Waals surface area contributed by atoms with E-state index in [1.165, 1.54) is 10.7 Å². The minimum Gasteiger partial charge on any atom is -0.333 e. The number of rotatable bonds is 6. The molecular weight excluding hydrogens is 345 g/mol. The smallest absolute Gasteiger partial charge is 0.293 e. The quantitative estimate of drug-likeness (QED) is 0.845. The van der Waals surface area contributed by atoms with E-state index in [9.17, 15) is 9.18 Å². The summed E-state index contributed by atoms with van der Waals surface area (Å²) in [5, 5.41) is 7.75. The van der Waals surface area contributed by atoms with E-state index in [2.05, 4.69) is 22.3 Å². The van der Waals surface area contributed by atoms with Crippen molar-refractivity contribution >= 4 is 5.91 Å². The predicted octanol–water partition coefficient (Wildman–Crippen LogP) is 3.13. The molecule has 27 heavy (non-hydrogen) atoms. The van der Waals surface area contributed by atoms with Crippen molar-refractivity contribution in [1.82, 2.24) is 25.0 Å². The first-order valence-corrected chi connectivity index (χ1v) is 9.76. The molecule has 0 radical (unpaired) electrons. The zero-order valence-electron chi connectivity index (χ0n) is 16.3. The first-order valence-electron chi connectivity index (χ1n) is 9.76. The van der Waals surface area contributed by atoms with Gasteiger partial charge in [-0.25, -0.2) is 14.1 Å². The number of carbonyl (C=O) groups is 1. The van der Waals surface area contributed by atoms with Gasteiger partial charge in [-0.1, -0.05) is 32.9 Å². The van der Waals surface area contributed by atoms with Gasteiger partial charge in [-0.2, -0.15) is 0 Å². The summed E-state index contributed by atoms with van der Waals surface area (Å²) >= 11 is 0. The molecule has 0 spiro atoms. The highest BCUT2D eigenvalue weighted by atomic mass is 19.1. The molecule has 1 aliphatic rings. The van der Waals surface area contributed by atoms with Crippen molar-refractivity contribution in [3.8, 4) is 5.69 Å². The second-order valence-electron chi connectivity index (χ2n) is 7.29. The number of piperidine rings is 1. The van der Waals surface area contributed by atoms with Crippen LogP contribution in [0.2, 0.25) is 0 Å². The summed E-state index contributed by atoms with van der Waals surface area (Å²) < 4.78 is 15.8. The highest BCUT2D eigenvalue weighted by Gasteiger charge is 2.29. The van der Waals surface area contributed by atoms with E-state index < -0.39 is 0 Å². The molecule has 2 heterocycles. The lowest BCUT2D eigenvalue weighted by Gasteiger charge is -2.33. The standard InChI is InChI=1S/C20H28FN5O/c1-4-13-25(15-9-11-22-12-10-15)20(27)18-23-19(14(2)3)26(24-18)17-8-6-5-7-16(17)21/h5-8,14-15,22H,4,9-13H2,1-3H3. The van der Waals surface area contributed by atoms with Crippen molar-refractivity contribution in [1.29, 1.82) is 0 Å². The molecule has 1 aromatic heterocycles. The van der Waals surface area contributed by atoms with Crippen LogP contribution in [0.15, 0.2) is 24.3 Å². The van der Waals surface area contributed by atoms with Crippen LogP contribution in [0.4, 0.5) is 4.39 Å². The third-order valence-electron chi connectivity index (χ3n) is 4.90. The van der Waals surface area contributed by atoms with E-state index >= 15 is 0 Å². The number of amides is 1. The molecule has 6 nitrogen and oxygen atoms in total. The normalized spacial score (nSPS) is 15.3. The number of hydrogen-bond acceptors (Lipinski definition) is 4. The number of nitrogens with zero attached hydrogens (tertiary/aromatic N) is 4. The Hall–Kier alpha value is -2.28. The van der Waals surface area contributed by atoms with Crippen LogP contribution in [0.25, 0.3) is 5.69 Å². The lowest BCUT2D eigenvalue weighted by atomic mass is 10.0. The molecule has 0 unspecified atom stereocenters. The maximum Gasteiger partial charge on any atom is 0.293 e. The molecule has 1 aromatic carbocycles. The molecule has 3 rings (SSSR count). The summed E-state index contributed by atoms with van der Waals surface area (Å²) in [5.74, 6) is 0.198. The van der Waals surface area contributed by atoms with Crippen molar-refractivity contribution in [3.05, 3.63) is 41.7 Å². The molecule has 1 N–H and O–H groups in total. The molecule has 0 bridgehead atoms. The lowest BCUT2D eigenvalue weighted by molar-refractivity contribution is 0.0630. The monoisotopic (exact) mass is 373 g/mol. The summed E-state index contributed by atoms with van der Waals surface area (Å²) in [4.78, 5) is 19.6. The average molecular weight is 373 g/mol. The molecule has 7 heteroatoms. The van der Waals surface area contributed by atoms with Gasteiger partial charge in [0.2, 0.25) is 5.82 Å². The van der Waals surface area contributed by atoms with Gasteiger partial charge < -0.3 is 10.2 Å². The molecular formula is C20H28FN5O. The maximum atomic E-state index is 14.3. The maximum absolute atomic E-state index is 14.3. The van der Waals surface area contributed by atoms with Gasteiger partial charge in [0.1, 0.15) is 17.3 Å². The Bertz CT molecular complexity index is 782. The van der Waals surface area contributed by atoms with Crippen LogP contribution in [-0.4, -0.2) is 51.2 Å². The molecule has 0 aliphatic carbocycles. The Labute approximate surface area is 159 Å². The largest absolute Gasteiger partial charge is 0.333 e. The number of para-hydroxylation sites is 1.